The molecule has 8 nitrogen and oxygen atoms in total. The highest BCUT2D eigenvalue weighted by molar-refractivity contribution is 7.99. The molecule has 35 heavy (non-hydrogen) atoms. The van der Waals surface area contributed by atoms with Crippen LogP contribution in [0, 0.1) is 12.8 Å². The maximum atomic E-state index is 12.8. The van der Waals surface area contributed by atoms with E-state index < -0.39 is 0 Å². The number of nitrogens with zero attached hydrogens (tertiary/aromatic N) is 3. The van der Waals surface area contributed by atoms with Crippen molar-refractivity contribution in [2.24, 2.45) is 13.0 Å². The number of thioether (sulfide) groups is 1. The van der Waals surface area contributed by atoms with E-state index >= 15 is 0 Å². The Balaban J connectivity index is 1.39. The molecule has 0 spiro atoms. The van der Waals surface area contributed by atoms with Gasteiger partial charge in [0.25, 0.3) is 0 Å². The van der Waals surface area contributed by atoms with Crippen LogP contribution in [-0.2, 0) is 36.0 Å². The van der Waals surface area contributed by atoms with Crippen LogP contribution in [0.25, 0.3) is 0 Å². The fraction of sp³-hybridized carbons (Fsp3) is 0.440. The molecule has 0 bridgehead atoms. The summed E-state index contributed by atoms with van der Waals surface area (Å²) in [6.07, 6.45) is 2.78. The summed E-state index contributed by atoms with van der Waals surface area (Å²) in [6, 6.07) is 7.80. The highest BCUT2D eigenvalue weighted by atomic mass is 32.2. The number of fused-ring (bicyclic) bond motifs is 1. The molecule has 1 aliphatic carbocycles. The molecule has 3 aromatic rings. The number of aromatic nitrogens is 3. The number of rotatable bonds is 9. The molecular formula is C25H30N4O4S2. The Bertz CT molecular complexity index is 1220. The number of esters is 1. The topological polar surface area (TPSA) is 95.3 Å². The lowest BCUT2D eigenvalue weighted by Gasteiger charge is -2.18. The molecule has 1 N–H and O–H groups in total. The van der Waals surface area contributed by atoms with Gasteiger partial charge in [-0.25, -0.2) is 4.79 Å². The number of hydrogen-bond donors (Lipinski definition) is 1. The third-order valence-electron chi connectivity index (χ3n) is 5.95. The van der Waals surface area contributed by atoms with Gasteiger partial charge >= 0.3 is 5.97 Å². The quantitative estimate of drug-likeness (QED) is 0.324. The van der Waals surface area contributed by atoms with Gasteiger partial charge in [-0.1, -0.05) is 36.9 Å². The predicted molar refractivity (Wildman–Crippen MR) is 137 cm³/mol. The van der Waals surface area contributed by atoms with Gasteiger partial charge < -0.3 is 19.4 Å². The van der Waals surface area contributed by atoms with Gasteiger partial charge in [0.2, 0.25) is 5.91 Å². The van der Waals surface area contributed by atoms with Crippen LogP contribution < -0.4 is 10.1 Å². The van der Waals surface area contributed by atoms with Crippen molar-refractivity contribution in [1.29, 1.82) is 0 Å². The number of aryl methyl sites for hydroxylation is 1. The average Bonchev–Trinajstić information content (AvgIpc) is 3.36. The first-order chi connectivity index (χ1) is 16.9. The Morgan fingerprint density at radius 3 is 2.86 bits per heavy atom. The van der Waals surface area contributed by atoms with Crippen LogP contribution in [0.15, 0.2) is 29.4 Å². The third-order valence-corrected chi connectivity index (χ3v) is 8.14. The molecule has 2 aromatic heterocycles. The minimum atomic E-state index is -0.367. The molecule has 10 heteroatoms. The molecule has 0 saturated carbocycles. The van der Waals surface area contributed by atoms with Crippen LogP contribution in [0.3, 0.4) is 0 Å². The fourth-order valence-corrected chi connectivity index (χ4v) is 6.15. The van der Waals surface area contributed by atoms with E-state index in [-0.39, 0.29) is 24.2 Å². The Labute approximate surface area is 213 Å². The zero-order chi connectivity index (χ0) is 24.9. The van der Waals surface area contributed by atoms with Crippen molar-refractivity contribution in [2.75, 3.05) is 17.7 Å². The Morgan fingerprint density at radius 1 is 1.29 bits per heavy atom. The number of carbonyl (C=O) groups excluding carboxylic acids is 2. The van der Waals surface area contributed by atoms with Crippen LogP contribution in [0.5, 0.6) is 5.75 Å². The summed E-state index contributed by atoms with van der Waals surface area (Å²) >= 11 is 2.78. The number of thiophene rings is 1. The van der Waals surface area contributed by atoms with E-state index in [0.717, 1.165) is 36.1 Å². The van der Waals surface area contributed by atoms with Crippen molar-refractivity contribution in [3.8, 4) is 5.75 Å². The summed E-state index contributed by atoms with van der Waals surface area (Å²) in [7, 11) is 1.85. The molecule has 0 aliphatic heterocycles. The standard InChI is InChI=1S/C25H30N4O4S2/c1-5-32-24(31)22-17-11-10-15(2)12-19(17)35-23(22)26-21(30)14-34-25-28-27-20(29(25)4)13-33-18-9-7-6-8-16(18)3/h6-9,15H,5,10-14H2,1-4H3,(H,26,30). The highest BCUT2D eigenvalue weighted by Gasteiger charge is 2.29. The molecule has 0 saturated heterocycles. The average molecular weight is 515 g/mol. The molecular weight excluding hydrogens is 484 g/mol. The summed E-state index contributed by atoms with van der Waals surface area (Å²) in [6.45, 7) is 6.57. The summed E-state index contributed by atoms with van der Waals surface area (Å²) in [4.78, 5) is 26.6. The van der Waals surface area contributed by atoms with Gasteiger partial charge in [0.05, 0.1) is 17.9 Å². The zero-order valence-corrected chi connectivity index (χ0v) is 22.1. The molecule has 1 unspecified atom stereocenters. The zero-order valence-electron chi connectivity index (χ0n) is 20.4. The summed E-state index contributed by atoms with van der Waals surface area (Å²) in [5.74, 6) is 1.61. The van der Waals surface area contributed by atoms with E-state index in [1.807, 2.05) is 42.8 Å². The Hall–Kier alpha value is -2.85. The third kappa shape index (κ3) is 5.87. The number of amides is 1. The van der Waals surface area contributed by atoms with Crippen molar-refractivity contribution in [3.05, 3.63) is 51.7 Å². The van der Waals surface area contributed by atoms with Crippen LogP contribution in [0.4, 0.5) is 5.00 Å². The minimum Gasteiger partial charge on any atom is -0.485 e. The number of benzene rings is 1. The lowest BCUT2D eigenvalue weighted by Crippen LogP contribution is -2.18. The normalized spacial score (nSPS) is 14.9. The second-order valence-corrected chi connectivity index (χ2v) is 10.7. The molecule has 4 rings (SSSR count). The van der Waals surface area contributed by atoms with Crippen molar-refractivity contribution in [2.45, 2.75) is 51.8 Å². The first-order valence-electron chi connectivity index (χ1n) is 11.7. The van der Waals surface area contributed by atoms with Crippen LogP contribution >= 0.6 is 23.1 Å². The van der Waals surface area contributed by atoms with Crippen LogP contribution in [0.1, 0.15) is 52.5 Å². The van der Waals surface area contributed by atoms with E-state index in [9.17, 15) is 9.59 Å². The van der Waals surface area contributed by atoms with Gasteiger partial charge in [0.15, 0.2) is 11.0 Å². The first-order valence-corrected chi connectivity index (χ1v) is 13.5. The number of ether oxygens (including phenoxy) is 2. The maximum Gasteiger partial charge on any atom is 0.341 e. The predicted octanol–water partition coefficient (Wildman–Crippen LogP) is 4.80. The summed E-state index contributed by atoms with van der Waals surface area (Å²) in [5.41, 5.74) is 2.60. The van der Waals surface area contributed by atoms with Gasteiger partial charge in [-0.2, -0.15) is 0 Å². The monoisotopic (exact) mass is 514 g/mol. The highest BCUT2D eigenvalue weighted by Crippen LogP contribution is 2.40. The molecule has 2 heterocycles. The Kier molecular flexibility index (Phi) is 8.12. The molecule has 186 valence electrons. The van der Waals surface area contributed by atoms with Crippen molar-refractivity contribution in [3.63, 3.8) is 0 Å². The van der Waals surface area contributed by atoms with Gasteiger partial charge in [0, 0.05) is 11.9 Å². The number of hydrogen-bond acceptors (Lipinski definition) is 8. The molecule has 1 amide bonds. The van der Waals surface area contributed by atoms with E-state index in [1.165, 1.54) is 28.0 Å². The van der Waals surface area contributed by atoms with Gasteiger partial charge in [0.1, 0.15) is 17.4 Å². The van der Waals surface area contributed by atoms with Crippen molar-refractivity contribution >= 4 is 40.0 Å². The smallest absolute Gasteiger partial charge is 0.341 e. The largest absolute Gasteiger partial charge is 0.485 e. The van der Waals surface area contributed by atoms with Gasteiger partial charge in [-0.15, -0.1) is 21.5 Å². The molecule has 0 radical (unpaired) electrons. The number of nitrogens with one attached hydrogen (secondary N) is 1. The second-order valence-electron chi connectivity index (χ2n) is 8.63. The maximum absolute atomic E-state index is 12.8. The van der Waals surface area contributed by atoms with Crippen molar-refractivity contribution in [1.82, 2.24) is 14.8 Å². The van der Waals surface area contributed by atoms with Crippen molar-refractivity contribution < 1.29 is 19.1 Å². The van der Waals surface area contributed by atoms with E-state index in [4.69, 9.17) is 9.47 Å². The van der Waals surface area contributed by atoms with Gasteiger partial charge in [-0.05, 0) is 56.2 Å². The Morgan fingerprint density at radius 2 is 2.09 bits per heavy atom. The molecule has 1 aliphatic rings. The molecule has 0 fully saturated rings. The molecule has 1 aromatic carbocycles. The summed E-state index contributed by atoms with van der Waals surface area (Å²) < 4.78 is 13.0. The van der Waals surface area contributed by atoms with E-state index in [1.54, 1.807) is 6.92 Å². The molecule has 1 atom stereocenters. The number of carbonyl (C=O) groups is 2. The summed E-state index contributed by atoms with van der Waals surface area (Å²) in [5, 5.41) is 12.6. The fourth-order valence-electron chi connectivity index (χ4n) is 4.01. The number of anilines is 1. The first kappa shape index (κ1) is 25.2. The van der Waals surface area contributed by atoms with Crippen LogP contribution in [-0.4, -0.2) is 39.0 Å². The van der Waals surface area contributed by atoms with E-state index in [0.29, 0.717) is 34.1 Å². The lowest BCUT2D eigenvalue weighted by molar-refractivity contribution is -0.113. The van der Waals surface area contributed by atoms with Crippen LogP contribution in [0.2, 0.25) is 0 Å². The second kappa shape index (κ2) is 11.3. The van der Waals surface area contributed by atoms with E-state index in [2.05, 4.69) is 22.4 Å². The SMILES string of the molecule is CCOC(=O)c1c(NC(=O)CSc2nnc(COc3ccccc3C)n2C)sc2c1CCC(C)C2. The number of para-hydroxylation sites is 1. The lowest BCUT2D eigenvalue weighted by atomic mass is 9.88. The minimum absolute atomic E-state index is 0.145. The van der Waals surface area contributed by atoms with Gasteiger partial charge in [-0.3, -0.25) is 4.79 Å².